The van der Waals surface area contributed by atoms with Gasteiger partial charge < -0.3 is 15.2 Å². The van der Waals surface area contributed by atoms with E-state index in [0.29, 0.717) is 10.8 Å². The molecule has 0 aliphatic carbocycles. The van der Waals surface area contributed by atoms with Crippen LogP contribution in [0.2, 0.25) is 5.02 Å². The van der Waals surface area contributed by atoms with Gasteiger partial charge in [-0.05, 0) is 23.6 Å². The predicted molar refractivity (Wildman–Crippen MR) is 76.0 cm³/mol. The molecule has 0 aliphatic rings. The van der Waals surface area contributed by atoms with E-state index in [1.54, 1.807) is 45.0 Å². The van der Waals surface area contributed by atoms with Crippen molar-refractivity contribution in [2.75, 3.05) is 6.61 Å². The lowest BCUT2D eigenvalue weighted by atomic mass is 9.87. The van der Waals surface area contributed by atoms with Crippen LogP contribution in [0.3, 0.4) is 0 Å². The Morgan fingerprint density at radius 3 is 2.55 bits per heavy atom. The summed E-state index contributed by atoms with van der Waals surface area (Å²) in [5.74, 6) is -1.11. The fraction of sp³-hybridized carbons (Fsp3) is 0.429. The van der Waals surface area contributed by atoms with Gasteiger partial charge in [-0.3, -0.25) is 4.79 Å². The van der Waals surface area contributed by atoms with Crippen molar-refractivity contribution in [3.05, 3.63) is 29.3 Å². The minimum atomic E-state index is -1.08. The number of carboxylic acid groups (broad SMARTS) is 1. The Hall–Kier alpha value is -1.75. The van der Waals surface area contributed by atoms with Crippen LogP contribution in [-0.2, 0) is 9.59 Å². The van der Waals surface area contributed by atoms with E-state index in [0.717, 1.165) is 0 Å². The van der Waals surface area contributed by atoms with Crippen LogP contribution in [0, 0.1) is 5.41 Å². The van der Waals surface area contributed by atoms with Crippen molar-refractivity contribution in [1.82, 2.24) is 5.32 Å². The number of hydrogen-bond donors (Lipinski definition) is 2. The van der Waals surface area contributed by atoms with E-state index in [9.17, 15) is 9.59 Å². The van der Waals surface area contributed by atoms with Gasteiger partial charge in [-0.25, -0.2) is 4.79 Å². The lowest BCUT2D eigenvalue weighted by Crippen LogP contribution is -2.50. The number of amides is 1. The quantitative estimate of drug-likeness (QED) is 0.875. The SMILES string of the molecule is CC(C)(C)[C@H](NC(=O)COc1cccc(Cl)c1)C(=O)O. The molecule has 6 heteroatoms. The highest BCUT2D eigenvalue weighted by atomic mass is 35.5. The van der Waals surface area contributed by atoms with Crippen LogP contribution >= 0.6 is 11.6 Å². The average Bonchev–Trinajstić information content (AvgIpc) is 2.31. The zero-order valence-electron chi connectivity index (χ0n) is 11.6. The molecule has 0 saturated heterocycles. The molecule has 1 aromatic rings. The van der Waals surface area contributed by atoms with E-state index in [4.69, 9.17) is 21.4 Å². The van der Waals surface area contributed by atoms with Gasteiger partial charge in [0, 0.05) is 5.02 Å². The summed E-state index contributed by atoms with van der Waals surface area (Å²) < 4.78 is 5.25. The molecule has 1 atom stereocenters. The normalized spacial score (nSPS) is 12.6. The monoisotopic (exact) mass is 299 g/mol. The molecule has 0 saturated carbocycles. The van der Waals surface area contributed by atoms with Gasteiger partial charge >= 0.3 is 5.97 Å². The largest absolute Gasteiger partial charge is 0.484 e. The topological polar surface area (TPSA) is 75.6 Å². The number of carbonyl (C=O) groups is 2. The molecule has 1 aromatic carbocycles. The van der Waals surface area contributed by atoms with Crippen LogP contribution in [0.5, 0.6) is 5.75 Å². The van der Waals surface area contributed by atoms with Crippen molar-refractivity contribution < 1.29 is 19.4 Å². The average molecular weight is 300 g/mol. The molecule has 0 radical (unpaired) electrons. The summed E-state index contributed by atoms with van der Waals surface area (Å²) in [6, 6.07) is 5.66. The summed E-state index contributed by atoms with van der Waals surface area (Å²) >= 11 is 5.79. The molecule has 2 N–H and O–H groups in total. The van der Waals surface area contributed by atoms with Crippen LogP contribution in [-0.4, -0.2) is 29.6 Å². The number of benzene rings is 1. The molecule has 20 heavy (non-hydrogen) atoms. The molecular formula is C14H18ClNO4. The molecule has 5 nitrogen and oxygen atoms in total. The molecule has 0 spiro atoms. The van der Waals surface area contributed by atoms with Gasteiger partial charge in [-0.15, -0.1) is 0 Å². The van der Waals surface area contributed by atoms with Gasteiger partial charge in [-0.2, -0.15) is 0 Å². The third-order valence-electron chi connectivity index (χ3n) is 2.58. The molecule has 0 unspecified atom stereocenters. The predicted octanol–water partition coefficient (Wildman–Crippen LogP) is 2.33. The maximum atomic E-state index is 11.7. The summed E-state index contributed by atoms with van der Waals surface area (Å²) in [5, 5.41) is 12.1. The molecule has 1 rings (SSSR count). The Morgan fingerprint density at radius 1 is 1.40 bits per heavy atom. The first-order valence-electron chi connectivity index (χ1n) is 6.10. The van der Waals surface area contributed by atoms with Crippen LogP contribution in [0.15, 0.2) is 24.3 Å². The number of carboxylic acids is 1. The second-order valence-electron chi connectivity index (χ2n) is 5.45. The summed E-state index contributed by atoms with van der Waals surface area (Å²) in [5.41, 5.74) is -0.586. The number of ether oxygens (including phenoxy) is 1. The van der Waals surface area contributed by atoms with Crippen molar-refractivity contribution in [3.63, 3.8) is 0 Å². The number of nitrogens with one attached hydrogen (secondary N) is 1. The van der Waals surface area contributed by atoms with Crippen molar-refractivity contribution in [1.29, 1.82) is 0 Å². The number of carbonyl (C=O) groups excluding carboxylic acids is 1. The van der Waals surface area contributed by atoms with Crippen molar-refractivity contribution >= 4 is 23.5 Å². The minimum Gasteiger partial charge on any atom is -0.484 e. The summed E-state index contributed by atoms with van der Waals surface area (Å²) in [6.07, 6.45) is 0. The van der Waals surface area contributed by atoms with Gasteiger partial charge in [0.05, 0.1) is 0 Å². The highest BCUT2D eigenvalue weighted by Gasteiger charge is 2.32. The van der Waals surface area contributed by atoms with Crippen molar-refractivity contribution in [2.24, 2.45) is 5.41 Å². The van der Waals surface area contributed by atoms with E-state index < -0.39 is 23.3 Å². The van der Waals surface area contributed by atoms with Gasteiger partial charge in [0.25, 0.3) is 5.91 Å². The number of aliphatic carboxylic acids is 1. The van der Waals surface area contributed by atoms with Gasteiger partial charge in [0.1, 0.15) is 11.8 Å². The smallest absolute Gasteiger partial charge is 0.326 e. The Bertz CT molecular complexity index is 496. The van der Waals surface area contributed by atoms with E-state index >= 15 is 0 Å². The Kier molecular flexibility index (Phi) is 5.39. The van der Waals surface area contributed by atoms with Crippen LogP contribution < -0.4 is 10.1 Å². The first-order valence-corrected chi connectivity index (χ1v) is 6.48. The standard InChI is InChI=1S/C14H18ClNO4/c1-14(2,3)12(13(18)19)16-11(17)8-20-10-6-4-5-9(15)7-10/h4-7,12H,8H2,1-3H3,(H,16,17)(H,18,19)/t12-/m1/s1. The molecule has 0 heterocycles. The highest BCUT2D eigenvalue weighted by Crippen LogP contribution is 2.20. The maximum absolute atomic E-state index is 11.7. The summed E-state index contributed by atoms with van der Waals surface area (Å²) in [6.45, 7) is 4.96. The zero-order chi connectivity index (χ0) is 15.3. The molecule has 1 amide bonds. The maximum Gasteiger partial charge on any atom is 0.326 e. The zero-order valence-corrected chi connectivity index (χ0v) is 12.4. The third-order valence-corrected chi connectivity index (χ3v) is 2.82. The molecule has 110 valence electrons. The molecule has 0 fully saturated rings. The Labute approximate surface area is 122 Å². The first-order chi connectivity index (χ1) is 9.20. The third kappa shape index (κ3) is 5.09. The van der Waals surface area contributed by atoms with Crippen LogP contribution in [0.1, 0.15) is 20.8 Å². The van der Waals surface area contributed by atoms with E-state index in [1.165, 1.54) is 0 Å². The van der Waals surface area contributed by atoms with Crippen molar-refractivity contribution in [3.8, 4) is 5.75 Å². The van der Waals surface area contributed by atoms with E-state index in [1.807, 2.05) is 0 Å². The fourth-order valence-corrected chi connectivity index (χ4v) is 1.74. The number of rotatable bonds is 5. The second kappa shape index (κ2) is 6.61. The first kappa shape index (κ1) is 16.3. The van der Waals surface area contributed by atoms with Gasteiger partial charge in [-0.1, -0.05) is 38.4 Å². The summed E-state index contributed by atoms with van der Waals surface area (Å²) in [7, 11) is 0. The molecule has 0 aromatic heterocycles. The molecule has 0 aliphatic heterocycles. The van der Waals surface area contributed by atoms with Crippen LogP contribution in [0.25, 0.3) is 0 Å². The number of halogens is 1. The minimum absolute atomic E-state index is 0.264. The lowest BCUT2D eigenvalue weighted by molar-refractivity contribution is -0.145. The van der Waals surface area contributed by atoms with Gasteiger partial charge in [0.2, 0.25) is 0 Å². The fourth-order valence-electron chi connectivity index (χ4n) is 1.56. The second-order valence-corrected chi connectivity index (χ2v) is 5.89. The summed E-state index contributed by atoms with van der Waals surface area (Å²) in [4.78, 5) is 22.9. The molecular weight excluding hydrogens is 282 g/mol. The Morgan fingerprint density at radius 2 is 2.05 bits per heavy atom. The van der Waals surface area contributed by atoms with Crippen LogP contribution in [0.4, 0.5) is 0 Å². The van der Waals surface area contributed by atoms with Crippen molar-refractivity contribution in [2.45, 2.75) is 26.8 Å². The number of hydrogen-bond acceptors (Lipinski definition) is 3. The molecule has 0 bridgehead atoms. The van der Waals surface area contributed by atoms with Gasteiger partial charge in [0.15, 0.2) is 6.61 Å². The Balaban J connectivity index is 2.57. The van der Waals surface area contributed by atoms with E-state index in [2.05, 4.69) is 5.32 Å². The highest BCUT2D eigenvalue weighted by molar-refractivity contribution is 6.30. The van der Waals surface area contributed by atoms with E-state index in [-0.39, 0.29) is 6.61 Å². The lowest BCUT2D eigenvalue weighted by Gasteiger charge is -2.27.